The van der Waals surface area contributed by atoms with Crippen LogP contribution in [-0.2, 0) is 0 Å². The van der Waals surface area contributed by atoms with Gasteiger partial charge in [-0.25, -0.2) is 8.78 Å². The summed E-state index contributed by atoms with van der Waals surface area (Å²) in [7, 11) is 0. The van der Waals surface area contributed by atoms with Crippen molar-refractivity contribution in [3.63, 3.8) is 0 Å². The van der Waals surface area contributed by atoms with Gasteiger partial charge < -0.3 is 5.32 Å². The lowest BCUT2D eigenvalue weighted by atomic mass is 10.1. The molecule has 1 heterocycles. The Morgan fingerprint density at radius 2 is 1.89 bits per heavy atom. The zero-order chi connectivity index (χ0) is 12.3. The molecule has 0 radical (unpaired) electrons. The molecule has 0 aliphatic carbocycles. The Bertz CT molecular complexity index is 390. The topological polar surface area (TPSA) is 15.3 Å². The molecular formula is C12H17BrCl2F2N2. The van der Waals surface area contributed by atoms with Gasteiger partial charge >= 0.3 is 0 Å². The van der Waals surface area contributed by atoms with E-state index >= 15 is 0 Å². The van der Waals surface area contributed by atoms with Gasteiger partial charge in [-0.3, -0.25) is 4.90 Å². The van der Waals surface area contributed by atoms with Crippen molar-refractivity contribution in [1.82, 2.24) is 10.2 Å². The Balaban J connectivity index is 0.00000162. The number of rotatable bonds is 3. The van der Waals surface area contributed by atoms with Crippen LogP contribution in [0, 0.1) is 5.82 Å². The second-order valence-corrected chi connectivity index (χ2v) is 4.98. The predicted molar refractivity (Wildman–Crippen MR) is 81.8 cm³/mol. The number of halogens is 5. The molecule has 1 N–H and O–H groups in total. The van der Waals surface area contributed by atoms with Crippen molar-refractivity contribution < 1.29 is 8.78 Å². The minimum Gasteiger partial charge on any atom is -0.314 e. The van der Waals surface area contributed by atoms with E-state index in [1.807, 2.05) is 0 Å². The summed E-state index contributed by atoms with van der Waals surface area (Å²) < 4.78 is 27.2. The van der Waals surface area contributed by atoms with Gasteiger partial charge in [-0.1, -0.05) is 15.9 Å². The first kappa shape index (κ1) is 19.1. The summed E-state index contributed by atoms with van der Waals surface area (Å²) in [6.07, 6.45) is 0. The second-order valence-electron chi connectivity index (χ2n) is 4.12. The zero-order valence-corrected chi connectivity index (χ0v) is 13.5. The molecule has 1 aromatic carbocycles. The van der Waals surface area contributed by atoms with Gasteiger partial charge in [0.15, 0.2) is 0 Å². The molecule has 1 saturated heterocycles. The fourth-order valence-electron chi connectivity index (χ4n) is 2.14. The number of benzene rings is 1. The van der Waals surface area contributed by atoms with E-state index < -0.39 is 6.67 Å². The zero-order valence-electron chi connectivity index (χ0n) is 10.2. The van der Waals surface area contributed by atoms with Gasteiger partial charge in [-0.15, -0.1) is 24.8 Å². The van der Waals surface area contributed by atoms with Crippen molar-refractivity contribution in [2.24, 2.45) is 0 Å². The summed E-state index contributed by atoms with van der Waals surface area (Å²) in [5, 5.41) is 3.22. The fourth-order valence-corrected chi connectivity index (χ4v) is 2.65. The molecule has 1 atom stereocenters. The Kier molecular flexibility index (Phi) is 9.11. The molecule has 0 aromatic heterocycles. The second kappa shape index (κ2) is 9.08. The molecule has 1 aromatic rings. The van der Waals surface area contributed by atoms with Crippen molar-refractivity contribution >= 4 is 40.7 Å². The van der Waals surface area contributed by atoms with Crippen molar-refractivity contribution in [1.29, 1.82) is 0 Å². The number of piperazine rings is 1. The van der Waals surface area contributed by atoms with Crippen molar-refractivity contribution in [3.8, 4) is 0 Å². The lowest BCUT2D eigenvalue weighted by Gasteiger charge is -2.34. The van der Waals surface area contributed by atoms with E-state index in [9.17, 15) is 8.78 Å². The Morgan fingerprint density at radius 3 is 2.47 bits per heavy atom. The predicted octanol–water partition coefficient (Wildman–Crippen LogP) is 3.35. The van der Waals surface area contributed by atoms with E-state index in [4.69, 9.17) is 0 Å². The molecule has 1 aliphatic rings. The van der Waals surface area contributed by atoms with Crippen LogP contribution in [0.5, 0.6) is 0 Å². The highest BCUT2D eigenvalue weighted by atomic mass is 79.9. The summed E-state index contributed by atoms with van der Waals surface area (Å²) in [5.41, 5.74) is 0.689. The molecule has 0 amide bonds. The quantitative estimate of drug-likeness (QED) is 0.868. The van der Waals surface area contributed by atoms with Gasteiger partial charge in [0, 0.05) is 30.7 Å². The Hall–Kier alpha value is 0.0600. The van der Waals surface area contributed by atoms with E-state index in [2.05, 4.69) is 26.1 Å². The first-order valence-electron chi connectivity index (χ1n) is 5.68. The van der Waals surface area contributed by atoms with Crippen LogP contribution in [0.15, 0.2) is 22.7 Å². The largest absolute Gasteiger partial charge is 0.314 e. The third kappa shape index (κ3) is 4.83. The van der Waals surface area contributed by atoms with Crippen molar-refractivity contribution in [2.45, 2.75) is 6.04 Å². The first-order valence-corrected chi connectivity index (χ1v) is 6.47. The monoisotopic (exact) mass is 376 g/mol. The van der Waals surface area contributed by atoms with Crippen LogP contribution in [0.4, 0.5) is 8.78 Å². The minimum absolute atomic E-state index is 0. The number of hydrogen-bond donors (Lipinski definition) is 1. The van der Waals surface area contributed by atoms with Crippen LogP contribution in [0.25, 0.3) is 0 Å². The normalized spacial score (nSPS) is 17.2. The third-order valence-electron chi connectivity index (χ3n) is 3.06. The molecule has 19 heavy (non-hydrogen) atoms. The molecule has 1 fully saturated rings. The van der Waals surface area contributed by atoms with Gasteiger partial charge in [-0.2, -0.15) is 0 Å². The number of hydrogen-bond acceptors (Lipinski definition) is 2. The lowest BCUT2D eigenvalue weighted by molar-refractivity contribution is 0.147. The van der Waals surface area contributed by atoms with Crippen LogP contribution in [0.3, 0.4) is 0 Å². The average Bonchev–Trinajstić information content (AvgIpc) is 2.36. The highest BCUT2D eigenvalue weighted by Gasteiger charge is 2.24. The van der Waals surface area contributed by atoms with E-state index in [1.165, 1.54) is 12.1 Å². The smallest absolute Gasteiger partial charge is 0.123 e. The fraction of sp³-hybridized carbons (Fsp3) is 0.500. The van der Waals surface area contributed by atoms with Crippen LogP contribution < -0.4 is 5.32 Å². The van der Waals surface area contributed by atoms with Gasteiger partial charge in [0.05, 0.1) is 6.04 Å². The highest BCUT2D eigenvalue weighted by molar-refractivity contribution is 9.10. The SMILES string of the molecule is Cl.Cl.FC[C@H](c1cc(F)ccc1Br)N1CCNCC1. The van der Waals surface area contributed by atoms with Gasteiger partial charge in [0.2, 0.25) is 0 Å². The molecule has 0 unspecified atom stereocenters. The Labute approximate surface area is 132 Å². The standard InChI is InChI=1S/C12H15BrF2N2.2ClH/c13-11-2-1-9(15)7-10(11)12(8-14)17-5-3-16-4-6-17;;/h1-2,7,12,16H,3-6,8H2;2*1H/t12-;;/m1../s1. The molecule has 0 spiro atoms. The molecule has 0 saturated carbocycles. The number of alkyl halides is 1. The highest BCUT2D eigenvalue weighted by Crippen LogP contribution is 2.29. The van der Waals surface area contributed by atoms with E-state index in [-0.39, 0.29) is 36.7 Å². The summed E-state index contributed by atoms with van der Waals surface area (Å²) in [6.45, 7) is 2.78. The van der Waals surface area contributed by atoms with E-state index in [0.29, 0.717) is 5.56 Å². The van der Waals surface area contributed by atoms with Crippen LogP contribution >= 0.6 is 40.7 Å². The number of nitrogens with one attached hydrogen (secondary N) is 1. The summed E-state index contributed by atoms with van der Waals surface area (Å²) in [6, 6.07) is 4.06. The molecule has 2 rings (SSSR count). The molecule has 110 valence electrons. The van der Waals surface area contributed by atoms with E-state index in [0.717, 1.165) is 30.7 Å². The average molecular weight is 378 g/mol. The lowest BCUT2D eigenvalue weighted by Crippen LogP contribution is -2.45. The number of nitrogens with zero attached hydrogens (tertiary/aromatic N) is 1. The minimum atomic E-state index is -0.498. The molecule has 2 nitrogen and oxygen atoms in total. The summed E-state index contributed by atoms with van der Waals surface area (Å²) in [5.74, 6) is -0.322. The van der Waals surface area contributed by atoms with E-state index in [1.54, 1.807) is 6.07 Å². The third-order valence-corrected chi connectivity index (χ3v) is 3.78. The molecule has 0 bridgehead atoms. The molecule has 7 heteroatoms. The molecule has 1 aliphatic heterocycles. The summed E-state index contributed by atoms with van der Waals surface area (Å²) in [4.78, 5) is 2.05. The Morgan fingerprint density at radius 1 is 1.26 bits per heavy atom. The maximum Gasteiger partial charge on any atom is 0.123 e. The van der Waals surface area contributed by atoms with Gasteiger partial charge in [0.25, 0.3) is 0 Å². The van der Waals surface area contributed by atoms with Crippen LogP contribution in [-0.4, -0.2) is 37.8 Å². The van der Waals surface area contributed by atoms with Crippen LogP contribution in [0.1, 0.15) is 11.6 Å². The van der Waals surface area contributed by atoms with Gasteiger partial charge in [0.1, 0.15) is 12.5 Å². The van der Waals surface area contributed by atoms with Crippen molar-refractivity contribution in [3.05, 3.63) is 34.1 Å². The maximum atomic E-state index is 13.2. The van der Waals surface area contributed by atoms with Crippen LogP contribution in [0.2, 0.25) is 0 Å². The maximum absolute atomic E-state index is 13.2. The first-order chi connectivity index (χ1) is 8.22. The molecular weight excluding hydrogens is 361 g/mol. The van der Waals surface area contributed by atoms with Crippen molar-refractivity contribution in [2.75, 3.05) is 32.9 Å². The summed E-state index contributed by atoms with van der Waals surface area (Å²) >= 11 is 3.36. The van der Waals surface area contributed by atoms with Gasteiger partial charge in [-0.05, 0) is 23.8 Å².